The predicted molar refractivity (Wildman–Crippen MR) is 57.3 cm³/mol. The number of aliphatic hydroxyl groups excluding tert-OH is 1. The Kier molecular flexibility index (Phi) is 2.85. The second-order valence-electron chi connectivity index (χ2n) is 3.97. The van der Waals surface area contributed by atoms with Gasteiger partial charge in [0.05, 0.1) is 6.61 Å². The molecule has 0 heterocycles. The van der Waals surface area contributed by atoms with Crippen molar-refractivity contribution >= 4 is 0 Å². The van der Waals surface area contributed by atoms with Gasteiger partial charge in [-0.3, -0.25) is 0 Å². The molecular weight excluding hydrogens is 174 g/mol. The lowest BCUT2D eigenvalue weighted by Gasteiger charge is -2.13. The number of rotatable bonds is 3. The number of hydrogen-bond donors (Lipinski definition) is 2. The molecule has 0 aliphatic heterocycles. The summed E-state index contributed by atoms with van der Waals surface area (Å²) in [6.07, 6.45) is 2.33. The van der Waals surface area contributed by atoms with E-state index in [0.717, 1.165) is 0 Å². The first-order chi connectivity index (χ1) is 6.81. The molecule has 1 aromatic carbocycles. The molecule has 2 N–H and O–H groups in total. The minimum absolute atomic E-state index is 0.220. The lowest BCUT2D eigenvalue weighted by molar-refractivity contribution is 0.284. The molecule has 2 heteroatoms. The molecule has 1 atom stereocenters. The number of fused-ring (bicyclic) bond motifs is 1. The van der Waals surface area contributed by atoms with Gasteiger partial charge in [-0.05, 0) is 30.9 Å². The molecule has 0 radical (unpaired) electrons. The van der Waals surface area contributed by atoms with Crippen LogP contribution in [-0.4, -0.2) is 18.3 Å². The van der Waals surface area contributed by atoms with Crippen molar-refractivity contribution in [3.05, 3.63) is 34.9 Å². The van der Waals surface area contributed by atoms with Crippen molar-refractivity contribution in [3.8, 4) is 0 Å². The highest BCUT2D eigenvalue weighted by molar-refractivity contribution is 5.37. The quantitative estimate of drug-likeness (QED) is 0.760. The van der Waals surface area contributed by atoms with Crippen molar-refractivity contribution < 1.29 is 5.11 Å². The Hall–Kier alpha value is -0.860. The van der Waals surface area contributed by atoms with Gasteiger partial charge in [-0.1, -0.05) is 23.8 Å². The lowest BCUT2D eigenvalue weighted by Crippen LogP contribution is -2.22. The van der Waals surface area contributed by atoms with Gasteiger partial charge in [-0.25, -0.2) is 0 Å². The first-order valence-corrected chi connectivity index (χ1v) is 5.25. The first-order valence-electron chi connectivity index (χ1n) is 5.25. The van der Waals surface area contributed by atoms with Crippen molar-refractivity contribution in [2.75, 3.05) is 13.2 Å². The minimum Gasteiger partial charge on any atom is -0.395 e. The molecule has 0 unspecified atom stereocenters. The molecule has 0 saturated heterocycles. The van der Waals surface area contributed by atoms with Gasteiger partial charge in [-0.2, -0.15) is 0 Å². The summed E-state index contributed by atoms with van der Waals surface area (Å²) in [7, 11) is 0. The summed E-state index contributed by atoms with van der Waals surface area (Å²) in [5.74, 6) is 0. The molecule has 76 valence electrons. The molecule has 1 aromatic rings. The fourth-order valence-electron chi connectivity index (χ4n) is 2.17. The molecule has 0 aromatic heterocycles. The lowest BCUT2D eigenvalue weighted by atomic mass is 10.1. The van der Waals surface area contributed by atoms with Gasteiger partial charge in [0.25, 0.3) is 0 Å². The Labute approximate surface area is 85.0 Å². The number of aryl methyl sites for hydroxylation is 2. The smallest absolute Gasteiger partial charge is 0.0556 e. The van der Waals surface area contributed by atoms with E-state index >= 15 is 0 Å². The zero-order valence-corrected chi connectivity index (χ0v) is 8.59. The van der Waals surface area contributed by atoms with Crippen molar-refractivity contribution in [2.24, 2.45) is 0 Å². The molecule has 0 fully saturated rings. The largest absolute Gasteiger partial charge is 0.395 e. The van der Waals surface area contributed by atoms with E-state index in [9.17, 15) is 0 Å². The summed E-state index contributed by atoms with van der Waals surface area (Å²) >= 11 is 0. The van der Waals surface area contributed by atoms with E-state index in [0.29, 0.717) is 12.6 Å². The summed E-state index contributed by atoms with van der Waals surface area (Å²) in [6, 6.07) is 7.12. The average Bonchev–Trinajstić information content (AvgIpc) is 2.57. The molecule has 0 spiro atoms. The Balaban J connectivity index is 2.16. The topological polar surface area (TPSA) is 32.3 Å². The third kappa shape index (κ3) is 1.81. The minimum atomic E-state index is 0.220. The second kappa shape index (κ2) is 4.11. The highest BCUT2D eigenvalue weighted by Gasteiger charge is 2.21. The van der Waals surface area contributed by atoms with Crippen LogP contribution in [-0.2, 0) is 6.42 Å². The van der Waals surface area contributed by atoms with Gasteiger partial charge in [-0.15, -0.1) is 0 Å². The first kappa shape index (κ1) is 9.69. The maximum absolute atomic E-state index is 8.77. The standard InChI is InChI=1S/C12H17NO/c1-9-2-3-10-4-5-12(11(10)8-9)13-6-7-14/h2-3,8,12-14H,4-7H2,1H3/t12-/m0/s1. The summed E-state index contributed by atoms with van der Waals surface area (Å²) < 4.78 is 0. The van der Waals surface area contributed by atoms with Gasteiger partial charge in [0.1, 0.15) is 0 Å². The maximum Gasteiger partial charge on any atom is 0.0556 e. The van der Waals surface area contributed by atoms with E-state index in [1.807, 2.05) is 0 Å². The fourth-order valence-corrected chi connectivity index (χ4v) is 2.17. The number of aliphatic hydroxyl groups is 1. The van der Waals surface area contributed by atoms with Crippen molar-refractivity contribution in [1.29, 1.82) is 0 Å². The summed E-state index contributed by atoms with van der Waals surface area (Å²) in [6.45, 7) is 3.04. The van der Waals surface area contributed by atoms with E-state index in [1.165, 1.54) is 29.5 Å². The van der Waals surface area contributed by atoms with E-state index in [4.69, 9.17) is 5.11 Å². The van der Waals surface area contributed by atoms with Crippen LogP contribution in [0.5, 0.6) is 0 Å². The van der Waals surface area contributed by atoms with Crippen LogP contribution < -0.4 is 5.32 Å². The van der Waals surface area contributed by atoms with Crippen LogP contribution in [0.4, 0.5) is 0 Å². The van der Waals surface area contributed by atoms with Crippen LogP contribution in [0.2, 0.25) is 0 Å². The van der Waals surface area contributed by atoms with E-state index in [1.54, 1.807) is 0 Å². The highest BCUT2D eigenvalue weighted by Crippen LogP contribution is 2.31. The zero-order valence-electron chi connectivity index (χ0n) is 8.59. The fraction of sp³-hybridized carbons (Fsp3) is 0.500. The summed E-state index contributed by atoms with van der Waals surface area (Å²) in [4.78, 5) is 0. The number of hydrogen-bond acceptors (Lipinski definition) is 2. The molecule has 1 aliphatic rings. The van der Waals surface area contributed by atoms with Crippen LogP contribution in [0.1, 0.15) is 29.2 Å². The average molecular weight is 191 g/mol. The Morgan fingerprint density at radius 3 is 3.14 bits per heavy atom. The summed E-state index contributed by atoms with van der Waals surface area (Å²) in [5, 5.41) is 12.1. The van der Waals surface area contributed by atoms with Crippen LogP contribution in [0, 0.1) is 6.92 Å². The number of nitrogens with one attached hydrogen (secondary N) is 1. The Bertz CT molecular complexity index is 322. The normalized spacial score (nSPS) is 19.7. The van der Waals surface area contributed by atoms with Crippen LogP contribution in [0.25, 0.3) is 0 Å². The Morgan fingerprint density at radius 1 is 1.50 bits per heavy atom. The summed E-state index contributed by atoms with van der Waals surface area (Å²) in [5.41, 5.74) is 4.21. The monoisotopic (exact) mass is 191 g/mol. The molecule has 2 rings (SSSR count). The molecule has 0 saturated carbocycles. The van der Waals surface area contributed by atoms with E-state index in [-0.39, 0.29) is 6.61 Å². The predicted octanol–water partition coefficient (Wildman–Crippen LogP) is 1.56. The molecule has 0 bridgehead atoms. The van der Waals surface area contributed by atoms with E-state index < -0.39 is 0 Å². The third-order valence-electron chi connectivity index (χ3n) is 2.88. The zero-order chi connectivity index (χ0) is 9.97. The van der Waals surface area contributed by atoms with Gasteiger partial charge in [0, 0.05) is 12.6 Å². The van der Waals surface area contributed by atoms with Crippen molar-refractivity contribution in [3.63, 3.8) is 0 Å². The van der Waals surface area contributed by atoms with Gasteiger partial charge in [0.2, 0.25) is 0 Å². The van der Waals surface area contributed by atoms with Crippen molar-refractivity contribution in [2.45, 2.75) is 25.8 Å². The molecular formula is C12H17NO. The van der Waals surface area contributed by atoms with Crippen molar-refractivity contribution in [1.82, 2.24) is 5.32 Å². The van der Waals surface area contributed by atoms with Gasteiger partial charge < -0.3 is 10.4 Å². The molecule has 0 amide bonds. The Morgan fingerprint density at radius 2 is 2.36 bits per heavy atom. The maximum atomic E-state index is 8.77. The number of benzene rings is 1. The molecule has 14 heavy (non-hydrogen) atoms. The second-order valence-corrected chi connectivity index (χ2v) is 3.97. The molecule has 1 aliphatic carbocycles. The third-order valence-corrected chi connectivity index (χ3v) is 2.88. The molecule has 2 nitrogen and oxygen atoms in total. The van der Waals surface area contributed by atoms with Gasteiger partial charge >= 0.3 is 0 Å². The van der Waals surface area contributed by atoms with Gasteiger partial charge in [0.15, 0.2) is 0 Å². The van der Waals surface area contributed by atoms with E-state index in [2.05, 4.69) is 30.4 Å². The SMILES string of the molecule is Cc1ccc2c(c1)[C@@H](NCCO)CC2. The highest BCUT2D eigenvalue weighted by atomic mass is 16.3. The van der Waals surface area contributed by atoms with Crippen LogP contribution in [0.3, 0.4) is 0 Å². The van der Waals surface area contributed by atoms with Crippen LogP contribution in [0.15, 0.2) is 18.2 Å². The van der Waals surface area contributed by atoms with Crippen LogP contribution >= 0.6 is 0 Å².